The minimum Gasteiger partial charge on any atom is -0.497 e. The second-order valence-corrected chi connectivity index (χ2v) is 11.1. The largest absolute Gasteiger partial charge is 0.497 e. The van der Waals surface area contributed by atoms with Crippen molar-refractivity contribution in [3.05, 3.63) is 84.1 Å². The van der Waals surface area contributed by atoms with E-state index < -0.39 is 6.04 Å². The highest BCUT2D eigenvalue weighted by molar-refractivity contribution is 6.01. The molecule has 222 valence electrons. The van der Waals surface area contributed by atoms with Gasteiger partial charge in [0.2, 0.25) is 17.7 Å². The van der Waals surface area contributed by atoms with Crippen LogP contribution in [-0.4, -0.2) is 35.9 Å². The minimum atomic E-state index is -0.877. The Morgan fingerprint density at radius 2 is 1.60 bits per heavy atom. The van der Waals surface area contributed by atoms with Gasteiger partial charge in [-0.1, -0.05) is 63.4 Å². The highest BCUT2D eigenvalue weighted by Gasteiger charge is 2.34. The molecule has 3 aromatic rings. The quantitative estimate of drug-likeness (QED) is 0.257. The van der Waals surface area contributed by atoms with Crippen LogP contribution < -0.4 is 20.3 Å². The molecule has 0 unspecified atom stereocenters. The lowest BCUT2D eigenvalue weighted by atomic mass is 9.94. The van der Waals surface area contributed by atoms with Gasteiger partial charge in [-0.3, -0.25) is 19.3 Å². The summed E-state index contributed by atoms with van der Waals surface area (Å²) < 4.78 is 5.35. The van der Waals surface area contributed by atoms with Crippen LogP contribution >= 0.6 is 0 Å². The van der Waals surface area contributed by atoms with Crippen LogP contribution in [0.1, 0.15) is 88.3 Å². The smallest absolute Gasteiger partial charge is 0.248 e. The third kappa shape index (κ3) is 8.41. The van der Waals surface area contributed by atoms with Crippen molar-refractivity contribution in [2.24, 2.45) is 0 Å². The fourth-order valence-corrected chi connectivity index (χ4v) is 5.35. The van der Waals surface area contributed by atoms with Crippen LogP contribution in [0.5, 0.6) is 5.75 Å². The first-order chi connectivity index (χ1) is 20.4. The van der Waals surface area contributed by atoms with Crippen LogP contribution in [0, 0.1) is 0 Å². The number of aromatic nitrogens is 1. The monoisotopic (exact) mass is 570 g/mol. The minimum absolute atomic E-state index is 0.0857. The summed E-state index contributed by atoms with van der Waals surface area (Å²) in [6, 6.07) is 19.6. The number of nitrogens with one attached hydrogen (secondary N) is 2. The van der Waals surface area contributed by atoms with E-state index in [1.807, 2.05) is 48.5 Å². The molecule has 1 aromatic heterocycles. The molecule has 4 rings (SSSR count). The second kappa shape index (κ2) is 15.1. The van der Waals surface area contributed by atoms with Gasteiger partial charge < -0.3 is 15.4 Å². The zero-order valence-electron chi connectivity index (χ0n) is 24.8. The number of amides is 3. The molecule has 3 amide bonds. The fourth-order valence-electron chi connectivity index (χ4n) is 5.35. The zero-order chi connectivity index (χ0) is 29.9. The number of carbonyl (C=O) groups is 3. The van der Waals surface area contributed by atoms with Crippen LogP contribution in [-0.2, 0) is 14.4 Å². The van der Waals surface area contributed by atoms with Gasteiger partial charge in [-0.15, -0.1) is 0 Å². The van der Waals surface area contributed by atoms with E-state index >= 15 is 0 Å². The number of nitrogens with zero attached hydrogens (tertiary/aromatic N) is 2. The molecule has 0 bridgehead atoms. The van der Waals surface area contributed by atoms with E-state index in [1.54, 1.807) is 36.4 Å². The predicted octanol–water partition coefficient (Wildman–Crippen LogP) is 6.55. The van der Waals surface area contributed by atoms with Crippen LogP contribution in [0.2, 0.25) is 0 Å². The first kappa shape index (κ1) is 30.8. The van der Waals surface area contributed by atoms with Gasteiger partial charge in [0.1, 0.15) is 17.6 Å². The third-order valence-corrected chi connectivity index (χ3v) is 7.72. The lowest BCUT2D eigenvalue weighted by Crippen LogP contribution is -2.47. The molecule has 2 N–H and O–H groups in total. The Labute approximate surface area is 248 Å². The van der Waals surface area contributed by atoms with Gasteiger partial charge in [-0.2, -0.15) is 0 Å². The molecule has 1 fully saturated rings. The lowest BCUT2D eigenvalue weighted by Gasteiger charge is -2.34. The molecular formula is C34H42N4O4. The number of hydrogen-bond donors (Lipinski definition) is 2. The molecule has 1 atom stereocenters. The van der Waals surface area contributed by atoms with Crippen LogP contribution in [0.4, 0.5) is 11.5 Å². The Bertz CT molecular complexity index is 1300. The first-order valence-corrected chi connectivity index (χ1v) is 14.9. The zero-order valence-corrected chi connectivity index (χ0v) is 24.8. The van der Waals surface area contributed by atoms with Crippen molar-refractivity contribution in [2.75, 3.05) is 17.3 Å². The van der Waals surface area contributed by atoms with Crippen molar-refractivity contribution in [1.29, 1.82) is 0 Å². The summed E-state index contributed by atoms with van der Waals surface area (Å²) in [5, 5.41) is 6.01. The molecule has 1 aliphatic rings. The fraction of sp³-hybridized carbons (Fsp3) is 0.412. The highest BCUT2D eigenvalue weighted by Crippen LogP contribution is 2.32. The molecule has 0 spiro atoms. The second-order valence-electron chi connectivity index (χ2n) is 11.1. The van der Waals surface area contributed by atoms with Gasteiger partial charge in [0, 0.05) is 30.8 Å². The summed E-state index contributed by atoms with van der Waals surface area (Å²) in [6.45, 7) is 4.23. The Hall–Kier alpha value is -4.20. The third-order valence-electron chi connectivity index (χ3n) is 7.72. The number of hydrogen-bond acceptors (Lipinski definition) is 5. The van der Waals surface area contributed by atoms with E-state index in [4.69, 9.17) is 4.74 Å². The Kier molecular flexibility index (Phi) is 11.1. The average molecular weight is 571 g/mol. The molecule has 1 saturated carbocycles. The van der Waals surface area contributed by atoms with Crippen molar-refractivity contribution >= 4 is 29.2 Å². The van der Waals surface area contributed by atoms with Crippen LogP contribution in [0.25, 0.3) is 0 Å². The maximum Gasteiger partial charge on any atom is 0.248 e. The summed E-state index contributed by atoms with van der Waals surface area (Å²) in [4.78, 5) is 46.3. The number of methoxy groups -OCH3 is 1. The van der Waals surface area contributed by atoms with Gasteiger partial charge >= 0.3 is 0 Å². The van der Waals surface area contributed by atoms with E-state index in [1.165, 1.54) is 6.42 Å². The number of rotatable bonds is 12. The summed E-state index contributed by atoms with van der Waals surface area (Å²) >= 11 is 0. The Morgan fingerprint density at radius 3 is 2.21 bits per heavy atom. The SMILES string of the molecule is COc1ccc([C@@H](C(=O)NC2CCCCC2)N(C(=O)CCCC(=O)Nc2ccccn2)c2ccc(C(C)C)cc2)cc1. The number of pyridine rings is 1. The maximum atomic E-state index is 14.0. The maximum absolute atomic E-state index is 14.0. The molecule has 42 heavy (non-hydrogen) atoms. The number of anilines is 2. The Balaban J connectivity index is 1.61. The predicted molar refractivity (Wildman–Crippen MR) is 165 cm³/mol. The lowest BCUT2D eigenvalue weighted by molar-refractivity contribution is -0.127. The molecule has 1 heterocycles. The number of carbonyl (C=O) groups excluding carboxylic acids is 3. The normalized spacial score (nSPS) is 14.2. The summed E-state index contributed by atoms with van der Waals surface area (Å²) in [5.74, 6) is 0.825. The van der Waals surface area contributed by atoms with Crippen LogP contribution in [0.15, 0.2) is 72.9 Å². The molecule has 1 aliphatic carbocycles. The molecular weight excluding hydrogens is 528 g/mol. The van der Waals surface area contributed by atoms with Gasteiger partial charge in [-0.05, 0) is 72.7 Å². The van der Waals surface area contributed by atoms with Crippen molar-refractivity contribution in [2.45, 2.75) is 83.2 Å². The van der Waals surface area contributed by atoms with E-state index in [0.717, 1.165) is 31.2 Å². The molecule has 8 nitrogen and oxygen atoms in total. The van der Waals surface area contributed by atoms with E-state index in [-0.39, 0.29) is 36.6 Å². The van der Waals surface area contributed by atoms with Gasteiger partial charge in [0.05, 0.1) is 7.11 Å². The summed E-state index contributed by atoms with van der Waals surface area (Å²) in [6.07, 6.45) is 7.41. The highest BCUT2D eigenvalue weighted by atomic mass is 16.5. The van der Waals surface area contributed by atoms with Crippen molar-refractivity contribution in [3.8, 4) is 5.75 Å². The van der Waals surface area contributed by atoms with Crippen LogP contribution in [0.3, 0.4) is 0 Å². The summed E-state index contributed by atoms with van der Waals surface area (Å²) in [5.41, 5.74) is 2.48. The Morgan fingerprint density at radius 1 is 0.905 bits per heavy atom. The van der Waals surface area contributed by atoms with Crippen molar-refractivity contribution < 1.29 is 19.1 Å². The van der Waals surface area contributed by atoms with Crippen molar-refractivity contribution in [1.82, 2.24) is 10.3 Å². The van der Waals surface area contributed by atoms with Gasteiger partial charge in [-0.25, -0.2) is 4.98 Å². The molecule has 2 aromatic carbocycles. The van der Waals surface area contributed by atoms with E-state index in [2.05, 4.69) is 29.5 Å². The molecule has 0 aliphatic heterocycles. The average Bonchev–Trinajstić information content (AvgIpc) is 3.01. The first-order valence-electron chi connectivity index (χ1n) is 14.9. The number of ether oxygens (including phenoxy) is 1. The van der Waals surface area contributed by atoms with E-state index in [9.17, 15) is 14.4 Å². The summed E-state index contributed by atoms with van der Waals surface area (Å²) in [7, 11) is 1.60. The standard InChI is InChI=1S/C34H42N4O4/c1-24(2)25-15-19-28(20-16-25)38(32(40)14-9-13-31(39)37-30-12-7-8-23-35-30)33(26-17-21-29(42-3)22-18-26)34(41)36-27-10-5-4-6-11-27/h7-8,12,15-24,27,33H,4-6,9-11,13-14H2,1-3H3,(H,36,41)(H,35,37,39)/t33-/m0/s1. The topological polar surface area (TPSA) is 101 Å². The van der Waals surface area contributed by atoms with Gasteiger partial charge in [0.25, 0.3) is 0 Å². The number of benzene rings is 2. The molecule has 0 radical (unpaired) electrons. The van der Waals surface area contributed by atoms with E-state index in [0.29, 0.717) is 35.2 Å². The molecule has 8 heteroatoms. The molecule has 0 saturated heterocycles. The van der Waals surface area contributed by atoms with Crippen molar-refractivity contribution in [3.63, 3.8) is 0 Å². The van der Waals surface area contributed by atoms with Gasteiger partial charge in [0.15, 0.2) is 0 Å².